The molecule has 84 valence electrons. The van der Waals surface area contributed by atoms with Crippen LogP contribution in [0.1, 0.15) is 12.8 Å². The molecule has 1 atom stereocenters. The molecule has 1 N–H and O–H groups in total. The quantitative estimate of drug-likeness (QED) is 0.692. The summed E-state index contributed by atoms with van der Waals surface area (Å²) in [6.07, 6.45) is 3.23. The molecule has 1 fully saturated rings. The lowest BCUT2D eigenvalue weighted by Gasteiger charge is -2.14. The molecule has 0 aromatic heterocycles. The largest absolute Gasteiger partial charge is 0.316 e. The van der Waals surface area contributed by atoms with E-state index in [4.69, 9.17) is 0 Å². The summed E-state index contributed by atoms with van der Waals surface area (Å²) in [7, 11) is -0.800. The van der Waals surface area contributed by atoms with Crippen molar-refractivity contribution in [3.8, 4) is 0 Å². The van der Waals surface area contributed by atoms with Gasteiger partial charge in [-0.15, -0.1) is 0 Å². The fourth-order valence-corrected chi connectivity index (χ4v) is 2.48. The minimum absolute atomic E-state index is 0.313. The van der Waals surface area contributed by atoms with E-state index in [1.54, 1.807) is 0 Å². The highest BCUT2D eigenvalue weighted by Gasteiger charge is 2.20. The van der Waals surface area contributed by atoms with Crippen LogP contribution in [0.5, 0.6) is 0 Å². The number of sulfone groups is 1. The Morgan fingerprint density at radius 2 is 2.21 bits per heavy atom. The van der Waals surface area contributed by atoms with Crippen molar-refractivity contribution in [2.45, 2.75) is 18.9 Å². The van der Waals surface area contributed by atoms with Crippen molar-refractivity contribution in [3.05, 3.63) is 0 Å². The second kappa shape index (κ2) is 5.09. The monoisotopic (exact) mass is 220 g/mol. The van der Waals surface area contributed by atoms with Crippen molar-refractivity contribution >= 4 is 9.84 Å². The number of rotatable bonds is 5. The van der Waals surface area contributed by atoms with Crippen LogP contribution in [0.4, 0.5) is 0 Å². The summed E-state index contributed by atoms with van der Waals surface area (Å²) >= 11 is 0. The summed E-state index contributed by atoms with van der Waals surface area (Å²) in [6.45, 7) is 3.06. The number of likely N-dealkylation sites (N-methyl/N-ethyl adjacent to an activating group) is 1. The van der Waals surface area contributed by atoms with Crippen LogP contribution in [0.2, 0.25) is 0 Å². The lowest BCUT2D eigenvalue weighted by Crippen LogP contribution is -2.30. The molecule has 0 spiro atoms. The van der Waals surface area contributed by atoms with E-state index in [0.29, 0.717) is 11.8 Å². The molecule has 1 unspecified atom stereocenters. The lowest BCUT2D eigenvalue weighted by molar-refractivity contribution is 0.331. The van der Waals surface area contributed by atoms with Crippen molar-refractivity contribution in [1.29, 1.82) is 0 Å². The van der Waals surface area contributed by atoms with Gasteiger partial charge in [-0.25, -0.2) is 8.42 Å². The predicted octanol–water partition coefficient (Wildman–Crippen LogP) is -0.285. The SMILES string of the molecule is CNC1CCN(CCCS(C)(=O)=O)C1. The molecule has 0 bridgehead atoms. The Bertz CT molecular complexity index is 264. The van der Waals surface area contributed by atoms with Gasteiger partial charge in [0.05, 0.1) is 5.75 Å². The fourth-order valence-electron chi connectivity index (χ4n) is 1.82. The highest BCUT2D eigenvalue weighted by molar-refractivity contribution is 7.90. The maximum atomic E-state index is 10.9. The van der Waals surface area contributed by atoms with Crippen LogP contribution in [0.15, 0.2) is 0 Å². The number of hydrogen-bond donors (Lipinski definition) is 1. The smallest absolute Gasteiger partial charge is 0.147 e. The van der Waals surface area contributed by atoms with E-state index < -0.39 is 9.84 Å². The van der Waals surface area contributed by atoms with Gasteiger partial charge in [0.2, 0.25) is 0 Å². The van der Waals surface area contributed by atoms with Crippen molar-refractivity contribution in [3.63, 3.8) is 0 Å². The van der Waals surface area contributed by atoms with Crippen LogP contribution >= 0.6 is 0 Å². The minimum Gasteiger partial charge on any atom is -0.316 e. The van der Waals surface area contributed by atoms with Crippen LogP contribution in [-0.2, 0) is 9.84 Å². The molecule has 1 aliphatic heterocycles. The van der Waals surface area contributed by atoms with Gasteiger partial charge in [-0.2, -0.15) is 0 Å². The molecule has 5 heteroatoms. The van der Waals surface area contributed by atoms with Crippen molar-refractivity contribution in [2.75, 3.05) is 38.7 Å². The first-order valence-electron chi connectivity index (χ1n) is 5.08. The van der Waals surface area contributed by atoms with Gasteiger partial charge in [-0.05, 0) is 33.0 Å². The zero-order chi connectivity index (χ0) is 10.6. The van der Waals surface area contributed by atoms with Crippen molar-refractivity contribution in [2.24, 2.45) is 0 Å². The van der Waals surface area contributed by atoms with Gasteiger partial charge in [0.1, 0.15) is 9.84 Å². The molecule has 14 heavy (non-hydrogen) atoms. The first kappa shape index (κ1) is 11.9. The second-order valence-corrected chi connectivity index (χ2v) is 6.32. The third-order valence-electron chi connectivity index (χ3n) is 2.67. The molecular weight excluding hydrogens is 200 g/mol. The van der Waals surface area contributed by atoms with Gasteiger partial charge in [-0.3, -0.25) is 0 Å². The van der Waals surface area contributed by atoms with E-state index in [9.17, 15) is 8.42 Å². The first-order chi connectivity index (χ1) is 6.51. The van der Waals surface area contributed by atoms with Gasteiger partial charge < -0.3 is 10.2 Å². The standard InChI is InChI=1S/C9H20N2O2S/c1-10-9-4-6-11(8-9)5-3-7-14(2,12)13/h9-10H,3-8H2,1-2H3. The Balaban J connectivity index is 2.15. The Hall–Kier alpha value is -0.130. The Kier molecular flexibility index (Phi) is 4.34. The van der Waals surface area contributed by atoms with E-state index in [1.807, 2.05) is 7.05 Å². The predicted molar refractivity (Wildman–Crippen MR) is 58.2 cm³/mol. The van der Waals surface area contributed by atoms with Crippen LogP contribution in [0.25, 0.3) is 0 Å². The van der Waals surface area contributed by atoms with Gasteiger partial charge in [-0.1, -0.05) is 0 Å². The number of nitrogens with one attached hydrogen (secondary N) is 1. The van der Waals surface area contributed by atoms with E-state index in [-0.39, 0.29) is 0 Å². The molecule has 0 radical (unpaired) electrons. The summed E-state index contributed by atoms with van der Waals surface area (Å²) in [5, 5.41) is 3.24. The van der Waals surface area contributed by atoms with Gasteiger partial charge in [0, 0.05) is 18.8 Å². The topological polar surface area (TPSA) is 49.4 Å². The average molecular weight is 220 g/mol. The molecule has 0 saturated carbocycles. The van der Waals surface area contributed by atoms with E-state index in [2.05, 4.69) is 10.2 Å². The molecular formula is C9H20N2O2S. The molecule has 0 aliphatic carbocycles. The number of hydrogen-bond acceptors (Lipinski definition) is 4. The molecule has 0 aromatic rings. The van der Waals surface area contributed by atoms with Crippen LogP contribution < -0.4 is 5.32 Å². The zero-order valence-electron chi connectivity index (χ0n) is 8.99. The Labute approximate surface area is 86.6 Å². The Morgan fingerprint density at radius 3 is 2.71 bits per heavy atom. The average Bonchev–Trinajstić information content (AvgIpc) is 2.50. The molecule has 1 heterocycles. The second-order valence-electron chi connectivity index (χ2n) is 4.06. The molecule has 0 aromatic carbocycles. The van der Waals surface area contributed by atoms with Crippen LogP contribution in [-0.4, -0.2) is 58.1 Å². The van der Waals surface area contributed by atoms with E-state index in [0.717, 1.165) is 26.1 Å². The fraction of sp³-hybridized carbons (Fsp3) is 1.00. The lowest BCUT2D eigenvalue weighted by atomic mass is 10.3. The summed E-state index contributed by atoms with van der Waals surface area (Å²) in [5.74, 6) is 0.313. The molecule has 0 amide bonds. The highest BCUT2D eigenvalue weighted by Crippen LogP contribution is 2.08. The van der Waals surface area contributed by atoms with Crippen LogP contribution in [0.3, 0.4) is 0 Å². The minimum atomic E-state index is -2.78. The molecule has 1 saturated heterocycles. The van der Waals surface area contributed by atoms with Crippen LogP contribution in [0, 0.1) is 0 Å². The van der Waals surface area contributed by atoms with E-state index >= 15 is 0 Å². The highest BCUT2D eigenvalue weighted by atomic mass is 32.2. The van der Waals surface area contributed by atoms with E-state index in [1.165, 1.54) is 12.7 Å². The summed E-state index contributed by atoms with van der Waals surface area (Å²) in [6, 6.07) is 0.591. The van der Waals surface area contributed by atoms with Gasteiger partial charge in [0.25, 0.3) is 0 Å². The molecule has 4 nitrogen and oxygen atoms in total. The molecule has 1 aliphatic rings. The maximum absolute atomic E-state index is 10.9. The number of likely N-dealkylation sites (tertiary alicyclic amines) is 1. The zero-order valence-corrected chi connectivity index (χ0v) is 9.81. The van der Waals surface area contributed by atoms with Gasteiger partial charge >= 0.3 is 0 Å². The Morgan fingerprint density at radius 1 is 1.50 bits per heavy atom. The first-order valence-corrected chi connectivity index (χ1v) is 7.14. The summed E-state index contributed by atoms with van der Waals surface area (Å²) in [5.41, 5.74) is 0. The van der Waals surface area contributed by atoms with Crippen molar-refractivity contribution < 1.29 is 8.42 Å². The number of nitrogens with zero attached hydrogens (tertiary/aromatic N) is 1. The summed E-state index contributed by atoms with van der Waals surface area (Å²) < 4.78 is 21.8. The van der Waals surface area contributed by atoms with Crippen molar-refractivity contribution in [1.82, 2.24) is 10.2 Å². The van der Waals surface area contributed by atoms with Gasteiger partial charge in [0.15, 0.2) is 0 Å². The molecule has 1 rings (SSSR count). The maximum Gasteiger partial charge on any atom is 0.147 e. The summed E-state index contributed by atoms with van der Waals surface area (Å²) in [4.78, 5) is 2.33. The third kappa shape index (κ3) is 4.39. The third-order valence-corrected chi connectivity index (χ3v) is 3.70. The normalized spacial score (nSPS) is 24.3.